The Morgan fingerprint density at radius 3 is 2.39 bits per heavy atom. The summed E-state index contributed by atoms with van der Waals surface area (Å²) in [5.74, 6) is -0.342. The van der Waals surface area contributed by atoms with Crippen LogP contribution < -0.4 is 5.56 Å². The molecule has 3 heterocycles. The van der Waals surface area contributed by atoms with Gasteiger partial charge in [-0.2, -0.15) is 9.40 Å². The Kier molecular flexibility index (Phi) is 4.65. The average molecular weight is 399 g/mol. The van der Waals surface area contributed by atoms with Crippen molar-refractivity contribution in [1.82, 2.24) is 24.4 Å². The van der Waals surface area contributed by atoms with E-state index in [-0.39, 0.29) is 48.2 Å². The van der Waals surface area contributed by atoms with Crippen molar-refractivity contribution in [2.75, 3.05) is 26.2 Å². The number of aromatic amines is 1. The molecule has 1 aliphatic heterocycles. The van der Waals surface area contributed by atoms with Crippen molar-refractivity contribution in [3.8, 4) is 0 Å². The predicted molar refractivity (Wildman–Crippen MR) is 101 cm³/mol. The predicted octanol–water partition coefficient (Wildman–Crippen LogP) is 0.465. The third kappa shape index (κ3) is 3.16. The summed E-state index contributed by atoms with van der Waals surface area (Å²) >= 11 is 0. The van der Waals surface area contributed by atoms with E-state index in [9.17, 15) is 18.0 Å². The summed E-state index contributed by atoms with van der Waals surface area (Å²) in [6.45, 7) is 0.801. The molecule has 4 rings (SSSR count). The average Bonchev–Trinajstić information content (AvgIpc) is 2.74. The molecule has 1 aromatic carbocycles. The maximum Gasteiger partial charge on any atom is 0.275 e. The summed E-state index contributed by atoms with van der Waals surface area (Å²) in [6, 6.07) is 9.82. The van der Waals surface area contributed by atoms with Gasteiger partial charge >= 0.3 is 0 Å². The zero-order valence-corrected chi connectivity index (χ0v) is 15.6. The summed E-state index contributed by atoms with van der Waals surface area (Å²) in [5.41, 5.74) is -0.210. The van der Waals surface area contributed by atoms with E-state index in [0.29, 0.717) is 10.8 Å². The van der Waals surface area contributed by atoms with Gasteiger partial charge in [-0.1, -0.05) is 18.2 Å². The lowest BCUT2D eigenvalue weighted by Gasteiger charge is -2.33. The molecule has 0 bridgehead atoms. The molecule has 3 aromatic rings. The van der Waals surface area contributed by atoms with E-state index in [0.717, 1.165) is 0 Å². The van der Waals surface area contributed by atoms with Crippen LogP contribution in [0.5, 0.6) is 0 Å². The molecule has 0 unspecified atom stereocenters. The van der Waals surface area contributed by atoms with Crippen LogP contribution in [-0.2, 0) is 10.0 Å². The van der Waals surface area contributed by atoms with Gasteiger partial charge in [-0.15, -0.1) is 0 Å². The Morgan fingerprint density at radius 2 is 1.71 bits per heavy atom. The number of hydrogen-bond donors (Lipinski definition) is 1. The molecule has 1 amide bonds. The lowest BCUT2D eigenvalue weighted by molar-refractivity contribution is 0.0693. The topological polar surface area (TPSA) is 116 Å². The van der Waals surface area contributed by atoms with Crippen LogP contribution in [0.1, 0.15) is 10.5 Å². The third-order valence-corrected chi connectivity index (χ3v) is 6.58. The zero-order valence-electron chi connectivity index (χ0n) is 14.8. The first kappa shape index (κ1) is 18.3. The zero-order chi connectivity index (χ0) is 19.7. The van der Waals surface area contributed by atoms with Crippen molar-refractivity contribution in [2.45, 2.75) is 4.90 Å². The molecule has 2 aromatic heterocycles. The maximum absolute atomic E-state index is 12.9. The lowest BCUT2D eigenvalue weighted by atomic mass is 10.1. The molecule has 0 spiro atoms. The summed E-state index contributed by atoms with van der Waals surface area (Å²) in [6.07, 6.45) is 2.82. The summed E-state index contributed by atoms with van der Waals surface area (Å²) in [7, 11) is -3.65. The quantitative estimate of drug-likeness (QED) is 0.684. The number of aromatic nitrogens is 3. The molecule has 1 fully saturated rings. The van der Waals surface area contributed by atoms with Crippen molar-refractivity contribution in [2.24, 2.45) is 0 Å². The van der Waals surface area contributed by atoms with Crippen molar-refractivity contribution in [1.29, 1.82) is 0 Å². The molecule has 1 aliphatic rings. The van der Waals surface area contributed by atoms with E-state index < -0.39 is 10.0 Å². The first-order valence-corrected chi connectivity index (χ1v) is 10.1. The smallest absolute Gasteiger partial charge is 0.275 e. The number of carbonyl (C=O) groups excluding carboxylic acids is 1. The number of fused-ring (bicyclic) bond motifs is 1. The highest BCUT2D eigenvalue weighted by molar-refractivity contribution is 7.89. The van der Waals surface area contributed by atoms with E-state index in [1.54, 1.807) is 35.2 Å². The number of sulfonamides is 1. The first-order chi connectivity index (χ1) is 13.5. The molecule has 28 heavy (non-hydrogen) atoms. The van der Waals surface area contributed by atoms with Crippen molar-refractivity contribution in [3.05, 3.63) is 64.8 Å². The summed E-state index contributed by atoms with van der Waals surface area (Å²) in [5, 5.41) is 7.14. The number of benzene rings is 1. The second kappa shape index (κ2) is 7.13. The largest absolute Gasteiger partial charge is 0.335 e. The molecule has 0 aliphatic carbocycles. The minimum atomic E-state index is -3.65. The highest BCUT2D eigenvalue weighted by Gasteiger charge is 2.31. The van der Waals surface area contributed by atoms with E-state index in [1.165, 1.54) is 22.8 Å². The third-order valence-electron chi connectivity index (χ3n) is 4.70. The summed E-state index contributed by atoms with van der Waals surface area (Å²) < 4.78 is 26.7. The SMILES string of the molecule is O=C(c1n[nH]c(=O)c2ccccc12)N1CCN(S(=O)(=O)c2cccnc2)CC1. The fourth-order valence-corrected chi connectivity index (χ4v) is 4.59. The van der Waals surface area contributed by atoms with E-state index in [1.807, 2.05) is 0 Å². The van der Waals surface area contributed by atoms with Crippen LogP contribution in [0.25, 0.3) is 10.8 Å². The van der Waals surface area contributed by atoms with Gasteiger partial charge in [0.05, 0.1) is 5.39 Å². The molecular weight excluding hydrogens is 382 g/mol. The van der Waals surface area contributed by atoms with Gasteiger partial charge in [-0.05, 0) is 18.2 Å². The minimum Gasteiger partial charge on any atom is -0.335 e. The Balaban J connectivity index is 1.54. The van der Waals surface area contributed by atoms with Gasteiger partial charge in [0.2, 0.25) is 10.0 Å². The fourth-order valence-electron chi connectivity index (χ4n) is 3.21. The van der Waals surface area contributed by atoms with Crippen molar-refractivity contribution in [3.63, 3.8) is 0 Å². The molecule has 1 N–H and O–H groups in total. The van der Waals surface area contributed by atoms with Gasteiger partial charge in [-0.3, -0.25) is 14.6 Å². The monoisotopic (exact) mass is 399 g/mol. The molecule has 0 atom stereocenters. The van der Waals surface area contributed by atoms with E-state index in [4.69, 9.17) is 0 Å². The van der Waals surface area contributed by atoms with E-state index >= 15 is 0 Å². The lowest BCUT2D eigenvalue weighted by Crippen LogP contribution is -2.50. The number of amides is 1. The van der Waals surface area contributed by atoms with Crippen LogP contribution >= 0.6 is 0 Å². The molecular formula is C18H17N5O4S. The highest BCUT2D eigenvalue weighted by atomic mass is 32.2. The van der Waals surface area contributed by atoms with E-state index in [2.05, 4.69) is 15.2 Å². The van der Waals surface area contributed by atoms with Crippen molar-refractivity contribution < 1.29 is 13.2 Å². The van der Waals surface area contributed by atoms with Gasteiger partial charge in [0, 0.05) is 44.0 Å². The summed E-state index contributed by atoms with van der Waals surface area (Å²) in [4.78, 5) is 30.3. The number of rotatable bonds is 3. The first-order valence-electron chi connectivity index (χ1n) is 8.65. The molecule has 10 heteroatoms. The Labute approximate surface area is 160 Å². The van der Waals surface area contributed by atoms with Crippen LogP contribution in [0.2, 0.25) is 0 Å². The highest BCUT2D eigenvalue weighted by Crippen LogP contribution is 2.19. The van der Waals surface area contributed by atoms with Crippen LogP contribution in [0, 0.1) is 0 Å². The second-order valence-corrected chi connectivity index (χ2v) is 8.27. The molecule has 9 nitrogen and oxygen atoms in total. The number of nitrogens with zero attached hydrogens (tertiary/aromatic N) is 4. The maximum atomic E-state index is 12.9. The van der Waals surface area contributed by atoms with Crippen LogP contribution in [-0.4, -0.2) is 64.9 Å². The van der Waals surface area contributed by atoms with Gasteiger partial charge < -0.3 is 4.90 Å². The molecule has 0 saturated carbocycles. The fraction of sp³-hybridized carbons (Fsp3) is 0.222. The van der Waals surface area contributed by atoms with Crippen LogP contribution in [0.3, 0.4) is 0 Å². The van der Waals surface area contributed by atoms with Gasteiger partial charge in [0.15, 0.2) is 5.69 Å². The number of carbonyl (C=O) groups is 1. The van der Waals surface area contributed by atoms with Crippen LogP contribution in [0.15, 0.2) is 58.5 Å². The number of H-pyrrole nitrogens is 1. The Hall–Kier alpha value is -3.11. The molecule has 1 saturated heterocycles. The Bertz CT molecular complexity index is 1190. The Morgan fingerprint density at radius 1 is 1.00 bits per heavy atom. The van der Waals surface area contributed by atoms with Crippen molar-refractivity contribution >= 4 is 26.7 Å². The van der Waals surface area contributed by atoms with Crippen LogP contribution in [0.4, 0.5) is 0 Å². The minimum absolute atomic E-state index is 0.128. The number of piperazine rings is 1. The number of pyridine rings is 1. The standard InChI is InChI=1S/C18H17N5O4S/c24-17-15-6-2-1-5-14(15)16(20-21-17)18(25)22-8-10-23(11-9-22)28(26,27)13-4-3-7-19-12-13/h1-7,12H,8-11H2,(H,21,24). The normalized spacial score (nSPS) is 15.6. The second-order valence-electron chi connectivity index (χ2n) is 6.33. The number of nitrogens with one attached hydrogen (secondary N) is 1. The van der Waals surface area contributed by atoms with Gasteiger partial charge in [0.1, 0.15) is 4.90 Å². The number of hydrogen-bond acceptors (Lipinski definition) is 6. The van der Waals surface area contributed by atoms with Gasteiger partial charge in [-0.25, -0.2) is 13.5 Å². The van der Waals surface area contributed by atoms with Gasteiger partial charge in [0.25, 0.3) is 11.5 Å². The molecule has 144 valence electrons. The molecule has 0 radical (unpaired) electrons.